The van der Waals surface area contributed by atoms with Crippen LogP contribution in [0, 0.1) is 6.92 Å². The smallest absolute Gasteiger partial charge is 0.317 e. The van der Waals surface area contributed by atoms with Gasteiger partial charge in [-0.1, -0.05) is 29.8 Å². The molecule has 1 aromatic carbocycles. The van der Waals surface area contributed by atoms with Crippen molar-refractivity contribution in [3.05, 3.63) is 35.4 Å². The third-order valence-corrected chi connectivity index (χ3v) is 3.27. The van der Waals surface area contributed by atoms with Crippen LogP contribution in [0.1, 0.15) is 25.0 Å². The third kappa shape index (κ3) is 3.96. The van der Waals surface area contributed by atoms with E-state index in [2.05, 4.69) is 24.4 Å². The summed E-state index contributed by atoms with van der Waals surface area (Å²) in [7, 11) is 0. The molecular weight excluding hydrogens is 240 g/mol. The Bertz CT molecular complexity index is 420. The van der Waals surface area contributed by atoms with Crippen LogP contribution in [-0.4, -0.2) is 36.2 Å². The SMILES string of the molecule is Cc1ccc(CNC(=O)N2CC(C)OC(C)C2)cc1. The lowest BCUT2D eigenvalue weighted by Crippen LogP contribution is -2.51. The van der Waals surface area contributed by atoms with Crippen molar-refractivity contribution in [1.29, 1.82) is 0 Å². The highest BCUT2D eigenvalue weighted by molar-refractivity contribution is 5.74. The topological polar surface area (TPSA) is 41.6 Å². The third-order valence-electron chi connectivity index (χ3n) is 3.27. The molecule has 1 N–H and O–H groups in total. The number of urea groups is 1. The summed E-state index contributed by atoms with van der Waals surface area (Å²) in [4.78, 5) is 13.9. The van der Waals surface area contributed by atoms with Crippen LogP contribution in [0.15, 0.2) is 24.3 Å². The number of morpholine rings is 1. The van der Waals surface area contributed by atoms with E-state index >= 15 is 0 Å². The maximum Gasteiger partial charge on any atom is 0.317 e. The summed E-state index contributed by atoms with van der Waals surface area (Å²) >= 11 is 0. The van der Waals surface area contributed by atoms with Gasteiger partial charge in [-0.05, 0) is 26.3 Å². The molecule has 104 valence electrons. The van der Waals surface area contributed by atoms with Crippen molar-refractivity contribution in [3.63, 3.8) is 0 Å². The number of hydrogen-bond donors (Lipinski definition) is 1. The van der Waals surface area contributed by atoms with Gasteiger partial charge in [0.15, 0.2) is 0 Å². The zero-order valence-electron chi connectivity index (χ0n) is 11.8. The molecule has 1 heterocycles. The van der Waals surface area contributed by atoms with Gasteiger partial charge in [0.25, 0.3) is 0 Å². The summed E-state index contributed by atoms with van der Waals surface area (Å²) in [6, 6.07) is 8.18. The van der Waals surface area contributed by atoms with Gasteiger partial charge in [0.2, 0.25) is 0 Å². The van der Waals surface area contributed by atoms with Gasteiger partial charge in [0.05, 0.1) is 12.2 Å². The molecule has 0 aromatic heterocycles. The quantitative estimate of drug-likeness (QED) is 0.888. The van der Waals surface area contributed by atoms with Crippen LogP contribution in [0.25, 0.3) is 0 Å². The van der Waals surface area contributed by atoms with E-state index in [-0.39, 0.29) is 18.2 Å². The molecule has 0 spiro atoms. The lowest BCUT2D eigenvalue weighted by atomic mass is 10.1. The molecule has 1 fully saturated rings. The van der Waals surface area contributed by atoms with Crippen molar-refractivity contribution in [2.75, 3.05) is 13.1 Å². The molecule has 0 bridgehead atoms. The van der Waals surface area contributed by atoms with Crippen molar-refractivity contribution < 1.29 is 9.53 Å². The molecule has 1 aromatic rings. The molecule has 4 nitrogen and oxygen atoms in total. The van der Waals surface area contributed by atoms with Crippen molar-refractivity contribution >= 4 is 6.03 Å². The maximum absolute atomic E-state index is 12.1. The minimum atomic E-state index is -0.0115. The van der Waals surface area contributed by atoms with Gasteiger partial charge >= 0.3 is 6.03 Å². The molecule has 2 unspecified atom stereocenters. The van der Waals surface area contributed by atoms with Crippen LogP contribution >= 0.6 is 0 Å². The molecule has 1 saturated heterocycles. The van der Waals surface area contributed by atoms with Crippen LogP contribution in [0.5, 0.6) is 0 Å². The van der Waals surface area contributed by atoms with Gasteiger partial charge in [-0.2, -0.15) is 0 Å². The van der Waals surface area contributed by atoms with Gasteiger partial charge in [-0.25, -0.2) is 4.79 Å². The normalized spacial score (nSPS) is 23.2. The second-order valence-corrected chi connectivity index (χ2v) is 5.31. The molecule has 2 amide bonds. The van der Waals surface area contributed by atoms with E-state index in [0.29, 0.717) is 19.6 Å². The molecule has 2 atom stereocenters. The highest BCUT2D eigenvalue weighted by Crippen LogP contribution is 2.11. The Morgan fingerprint density at radius 1 is 1.26 bits per heavy atom. The van der Waals surface area contributed by atoms with Gasteiger partial charge in [0, 0.05) is 19.6 Å². The maximum atomic E-state index is 12.1. The summed E-state index contributed by atoms with van der Waals surface area (Å²) in [5.74, 6) is 0. The number of carbonyl (C=O) groups excluding carboxylic acids is 1. The first kappa shape index (κ1) is 13.9. The highest BCUT2D eigenvalue weighted by Gasteiger charge is 2.25. The standard InChI is InChI=1S/C15H22N2O2/c1-11-4-6-14(7-5-11)8-16-15(18)17-9-12(2)19-13(3)10-17/h4-7,12-13H,8-10H2,1-3H3,(H,16,18). The minimum absolute atomic E-state index is 0.0115. The van der Waals surface area contributed by atoms with E-state index < -0.39 is 0 Å². The summed E-state index contributed by atoms with van der Waals surface area (Å²) in [6.45, 7) is 7.93. The number of rotatable bonds is 2. The number of hydrogen-bond acceptors (Lipinski definition) is 2. The Balaban J connectivity index is 1.85. The zero-order valence-corrected chi connectivity index (χ0v) is 11.8. The Labute approximate surface area is 114 Å². The van der Waals surface area contributed by atoms with E-state index in [9.17, 15) is 4.79 Å². The van der Waals surface area contributed by atoms with Crippen LogP contribution < -0.4 is 5.32 Å². The van der Waals surface area contributed by atoms with Crippen molar-refractivity contribution in [2.24, 2.45) is 0 Å². The fraction of sp³-hybridized carbons (Fsp3) is 0.533. The molecule has 2 rings (SSSR count). The number of nitrogens with zero attached hydrogens (tertiary/aromatic N) is 1. The van der Waals surface area contributed by atoms with Crippen molar-refractivity contribution in [3.8, 4) is 0 Å². The highest BCUT2D eigenvalue weighted by atomic mass is 16.5. The van der Waals surface area contributed by atoms with Gasteiger partial charge in [0.1, 0.15) is 0 Å². The lowest BCUT2D eigenvalue weighted by Gasteiger charge is -2.35. The van der Waals surface area contributed by atoms with Crippen molar-refractivity contribution in [2.45, 2.75) is 39.5 Å². The molecule has 0 aliphatic carbocycles. The first-order valence-electron chi connectivity index (χ1n) is 6.78. The number of aryl methyl sites for hydroxylation is 1. The number of nitrogens with one attached hydrogen (secondary N) is 1. The number of ether oxygens (including phenoxy) is 1. The zero-order chi connectivity index (χ0) is 13.8. The second kappa shape index (κ2) is 6.06. The monoisotopic (exact) mass is 262 g/mol. The Hall–Kier alpha value is -1.55. The van der Waals surface area contributed by atoms with E-state index in [1.807, 2.05) is 30.9 Å². The Morgan fingerprint density at radius 3 is 2.42 bits per heavy atom. The van der Waals surface area contributed by atoms with Crippen LogP contribution in [0.3, 0.4) is 0 Å². The van der Waals surface area contributed by atoms with Crippen LogP contribution in [-0.2, 0) is 11.3 Å². The van der Waals surface area contributed by atoms with E-state index in [4.69, 9.17) is 4.74 Å². The first-order valence-corrected chi connectivity index (χ1v) is 6.78. The van der Waals surface area contributed by atoms with Crippen LogP contribution in [0.4, 0.5) is 4.79 Å². The van der Waals surface area contributed by atoms with Crippen molar-refractivity contribution in [1.82, 2.24) is 10.2 Å². The molecule has 19 heavy (non-hydrogen) atoms. The predicted octanol–water partition coefficient (Wildman–Crippen LogP) is 2.31. The molecule has 1 aliphatic heterocycles. The predicted molar refractivity (Wildman–Crippen MR) is 75.0 cm³/mol. The molecular formula is C15H22N2O2. The Morgan fingerprint density at radius 2 is 1.84 bits per heavy atom. The fourth-order valence-corrected chi connectivity index (χ4v) is 2.34. The van der Waals surface area contributed by atoms with E-state index in [0.717, 1.165) is 5.56 Å². The number of carbonyl (C=O) groups is 1. The molecule has 0 saturated carbocycles. The van der Waals surface area contributed by atoms with Gasteiger partial charge < -0.3 is 15.0 Å². The van der Waals surface area contributed by atoms with Crippen LogP contribution in [0.2, 0.25) is 0 Å². The van der Waals surface area contributed by atoms with E-state index in [1.165, 1.54) is 5.56 Å². The second-order valence-electron chi connectivity index (χ2n) is 5.31. The summed E-state index contributed by atoms with van der Waals surface area (Å²) < 4.78 is 5.62. The summed E-state index contributed by atoms with van der Waals surface area (Å²) in [5.41, 5.74) is 2.35. The van der Waals surface area contributed by atoms with Gasteiger partial charge in [-0.3, -0.25) is 0 Å². The Kier molecular flexibility index (Phi) is 4.43. The summed E-state index contributed by atoms with van der Waals surface area (Å²) in [5, 5.41) is 2.96. The molecule has 1 aliphatic rings. The number of benzene rings is 1. The average molecular weight is 262 g/mol. The first-order chi connectivity index (χ1) is 9.04. The van der Waals surface area contributed by atoms with E-state index in [1.54, 1.807) is 0 Å². The number of amides is 2. The fourth-order valence-electron chi connectivity index (χ4n) is 2.34. The van der Waals surface area contributed by atoms with Gasteiger partial charge in [-0.15, -0.1) is 0 Å². The molecule has 0 radical (unpaired) electrons. The molecule has 4 heteroatoms. The summed E-state index contributed by atoms with van der Waals surface area (Å²) in [6.07, 6.45) is 0.211. The minimum Gasteiger partial charge on any atom is -0.372 e. The lowest BCUT2D eigenvalue weighted by molar-refractivity contribution is -0.0545. The largest absolute Gasteiger partial charge is 0.372 e. The average Bonchev–Trinajstić information content (AvgIpc) is 2.36.